The van der Waals surface area contributed by atoms with Gasteiger partial charge < -0.3 is 13.9 Å². The standard InChI is InChI=1S/C18H19N5O3S/c1-10-7-15(26-20-10)17-16(19-22-27-17)12-3-2-6-23(9-12)18(24)13-8-14(25-21-13)11-4-5-11/h7-8,11-12H,2-6,9H2,1H3/t12-/m1/s1. The molecule has 5 rings (SSSR count). The number of hydrogen-bond donors (Lipinski definition) is 0. The molecule has 1 saturated heterocycles. The first kappa shape index (κ1) is 16.6. The summed E-state index contributed by atoms with van der Waals surface area (Å²) in [5.41, 5.74) is 2.11. The van der Waals surface area contributed by atoms with Gasteiger partial charge in [0.15, 0.2) is 11.5 Å². The molecule has 140 valence electrons. The zero-order valence-electron chi connectivity index (χ0n) is 14.9. The Bertz CT molecular complexity index is 973. The van der Waals surface area contributed by atoms with Crippen molar-refractivity contribution in [2.75, 3.05) is 13.1 Å². The Hall–Kier alpha value is -2.55. The summed E-state index contributed by atoms with van der Waals surface area (Å²) in [7, 11) is 0. The number of aromatic nitrogens is 4. The first-order chi connectivity index (χ1) is 13.2. The minimum absolute atomic E-state index is 0.0735. The summed E-state index contributed by atoms with van der Waals surface area (Å²) in [5.74, 6) is 2.01. The monoisotopic (exact) mass is 385 g/mol. The summed E-state index contributed by atoms with van der Waals surface area (Å²) in [6.45, 7) is 3.20. The SMILES string of the molecule is Cc1cc(-c2snnc2[C@@H]2CCCN(C(=O)c3cc(C4CC4)on3)C2)on1. The summed E-state index contributed by atoms with van der Waals surface area (Å²) in [5, 5.41) is 12.3. The molecule has 8 nitrogen and oxygen atoms in total. The summed E-state index contributed by atoms with van der Waals surface area (Å²) in [6.07, 6.45) is 4.11. The molecule has 9 heteroatoms. The van der Waals surface area contributed by atoms with Crippen LogP contribution in [-0.4, -0.2) is 43.8 Å². The Morgan fingerprint density at radius 1 is 1.19 bits per heavy atom. The summed E-state index contributed by atoms with van der Waals surface area (Å²) >= 11 is 1.30. The average molecular weight is 385 g/mol. The van der Waals surface area contributed by atoms with Crippen molar-refractivity contribution in [3.63, 3.8) is 0 Å². The lowest BCUT2D eigenvalue weighted by Gasteiger charge is -2.31. The lowest BCUT2D eigenvalue weighted by Crippen LogP contribution is -2.39. The fourth-order valence-electron chi connectivity index (χ4n) is 3.60. The predicted molar refractivity (Wildman–Crippen MR) is 96.5 cm³/mol. The maximum absolute atomic E-state index is 12.9. The van der Waals surface area contributed by atoms with Crippen LogP contribution in [0, 0.1) is 6.92 Å². The van der Waals surface area contributed by atoms with Gasteiger partial charge in [-0.05, 0) is 44.1 Å². The molecule has 3 aromatic rings. The van der Waals surface area contributed by atoms with Crippen LogP contribution in [0.15, 0.2) is 21.2 Å². The Labute approximate surface area is 159 Å². The highest BCUT2D eigenvalue weighted by atomic mass is 32.1. The third-order valence-electron chi connectivity index (χ3n) is 5.19. The van der Waals surface area contributed by atoms with Crippen LogP contribution in [0.2, 0.25) is 0 Å². The molecule has 0 radical (unpaired) electrons. The van der Waals surface area contributed by atoms with Gasteiger partial charge in [-0.2, -0.15) is 0 Å². The number of amides is 1. The number of piperidine rings is 1. The molecular weight excluding hydrogens is 366 g/mol. The number of rotatable bonds is 4. The van der Waals surface area contributed by atoms with Crippen molar-refractivity contribution in [3.05, 3.63) is 35.0 Å². The van der Waals surface area contributed by atoms with E-state index in [2.05, 4.69) is 19.9 Å². The van der Waals surface area contributed by atoms with Crippen molar-refractivity contribution < 1.29 is 13.8 Å². The molecule has 0 unspecified atom stereocenters. The van der Waals surface area contributed by atoms with Gasteiger partial charge in [-0.15, -0.1) is 5.10 Å². The minimum atomic E-state index is -0.0735. The molecule has 1 atom stereocenters. The Balaban J connectivity index is 1.35. The normalized spacial score (nSPS) is 20.2. The molecule has 1 saturated carbocycles. The third kappa shape index (κ3) is 3.16. The van der Waals surface area contributed by atoms with Crippen LogP contribution >= 0.6 is 11.5 Å². The topological polar surface area (TPSA) is 98.2 Å². The molecular formula is C18H19N5O3S. The molecule has 0 N–H and O–H groups in total. The molecule has 1 aliphatic heterocycles. The van der Waals surface area contributed by atoms with Crippen molar-refractivity contribution in [2.24, 2.45) is 0 Å². The van der Waals surface area contributed by atoms with E-state index < -0.39 is 0 Å². The lowest BCUT2D eigenvalue weighted by molar-refractivity contribution is 0.0695. The van der Waals surface area contributed by atoms with Gasteiger partial charge in [-0.1, -0.05) is 14.8 Å². The molecule has 27 heavy (non-hydrogen) atoms. The highest BCUT2D eigenvalue weighted by Crippen LogP contribution is 2.40. The van der Waals surface area contributed by atoms with E-state index in [9.17, 15) is 4.79 Å². The van der Waals surface area contributed by atoms with Crippen LogP contribution < -0.4 is 0 Å². The lowest BCUT2D eigenvalue weighted by atomic mass is 9.93. The molecule has 0 bridgehead atoms. The largest absolute Gasteiger partial charge is 0.360 e. The van der Waals surface area contributed by atoms with Gasteiger partial charge in [-0.25, -0.2) is 0 Å². The van der Waals surface area contributed by atoms with Gasteiger partial charge in [0.2, 0.25) is 0 Å². The van der Waals surface area contributed by atoms with Gasteiger partial charge in [0, 0.05) is 37.1 Å². The first-order valence-electron chi connectivity index (χ1n) is 9.21. The second kappa shape index (κ2) is 6.56. The van der Waals surface area contributed by atoms with Gasteiger partial charge >= 0.3 is 0 Å². The zero-order valence-corrected chi connectivity index (χ0v) is 15.7. The Kier molecular flexibility index (Phi) is 4.04. The third-order valence-corrected chi connectivity index (χ3v) is 5.94. The van der Waals surface area contributed by atoms with E-state index in [4.69, 9.17) is 9.05 Å². The van der Waals surface area contributed by atoms with Crippen molar-refractivity contribution in [2.45, 2.75) is 44.4 Å². The van der Waals surface area contributed by atoms with E-state index in [-0.39, 0.29) is 11.8 Å². The molecule has 0 spiro atoms. The van der Waals surface area contributed by atoms with Crippen LogP contribution in [0.5, 0.6) is 0 Å². The van der Waals surface area contributed by atoms with E-state index in [1.807, 2.05) is 17.9 Å². The van der Waals surface area contributed by atoms with Gasteiger partial charge in [0.1, 0.15) is 10.6 Å². The van der Waals surface area contributed by atoms with Crippen LogP contribution in [0.4, 0.5) is 0 Å². The van der Waals surface area contributed by atoms with Crippen LogP contribution in [0.25, 0.3) is 10.6 Å². The van der Waals surface area contributed by atoms with E-state index >= 15 is 0 Å². The van der Waals surface area contributed by atoms with E-state index in [1.54, 1.807) is 6.07 Å². The minimum Gasteiger partial charge on any atom is -0.360 e. The smallest absolute Gasteiger partial charge is 0.276 e. The fourth-order valence-corrected chi connectivity index (χ4v) is 4.30. The molecule has 4 heterocycles. The Morgan fingerprint density at radius 3 is 2.85 bits per heavy atom. The maximum atomic E-state index is 12.9. The van der Waals surface area contributed by atoms with Crippen LogP contribution in [0.3, 0.4) is 0 Å². The molecule has 2 fully saturated rings. The average Bonchev–Trinajstić information content (AvgIpc) is 3.10. The molecule has 3 aromatic heterocycles. The van der Waals surface area contributed by atoms with Gasteiger partial charge in [-0.3, -0.25) is 4.79 Å². The highest BCUT2D eigenvalue weighted by Gasteiger charge is 2.33. The van der Waals surface area contributed by atoms with Crippen molar-refractivity contribution >= 4 is 17.4 Å². The first-order valence-corrected chi connectivity index (χ1v) is 9.98. The number of carbonyl (C=O) groups is 1. The number of nitrogens with zero attached hydrogens (tertiary/aromatic N) is 5. The summed E-state index contributed by atoms with van der Waals surface area (Å²) < 4.78 is 14.8. The highest BCUT2D eigenvalue weighted by molar-refractivity contribution is 7.09. The quantitative estimate of drug-likeness (QED) is 0.679. The molecule has 1 aliphatic carbocycles. The maximum Gasteiger partial charge on any atom is 0.276 e. The second-order valence-electron chi connectivity index (χ2n) is 7.30. The van der Waals surface area contributed by atoms with Crippen LogP contribution in [0.1, 0.15) is 65.2 Å². The summed E-state index contributed by atoms with van der Waals surface area (Å²) in [4.78, 5) is 15.6. The van der Waals surface area contributed by atoms with E-state index in [0.717, 1.165) is 54.3 Å². The zero-order chi connectivity index (χ0) is 18.4. The van der Waals surface area contributed by atoms with Gasteiger partial charge in [0.05, 0.1) is 11.4 Å². The number of aryl methyl sites for hydroxylation is 1. The number of hydrogen-bond acceptors (Lipinski definition) is 8. The molecule has 2 aliphatic rings. The Morgan fingerprint density at radius 2 is 2.07 bits per heavy atom. The molecule has 0 aromatic carbocycles. The number of carbonyl (C=O) groups excluding carboxylic acids is 1. The van der Waals surface area contributed by atoms with Crippen LogP contribution in [-0.2, 0) is 0 Å². The molecule has 1 amide bonds. The second-order valence-corrected chi connectivity index (χ2v) is 8.05. The van der Waals surface area contributed by atoms with E-state index in [1.165, 1.54) is 11.5 Å². The fraction of sp³-hybridized carbons (Fsp3) is 0.500. The van der Waals surface area contributed by atoms with Gasteiger partial charge in [0.25, 0.3) is 5.91 Å². The number of likely N-dealkylation sites (tertiary alicyclic amines) is 1. The van der Waals surface area contributed by atoms with E-state index in [0.29, 0.717) is 23.9 Å². The summed E-state index contributed by atoms with van der Waals surface area (Å²) in [6, 6.07) is 3.69. The van der Waals surface area contributed by atoms with Crippen molar-refractivity contribution in [1.29, 1.82) is 0 Å². The van der Waals surface area contributed by atoms with Crippen molar-refractivity contribution in [1.82, 2.24) is 24.8 Å². The predicted octanol–water partition coefficient (Wildman–Crippen LogP) is 3.39. The van der Waals surface area contributed by atoms with Crippen molar-refractivity contribution in [3.8, 4) is 10.6 Å².